The van der Waals surface area contributed by atoms with E-state index in [9.17, 15) is 9.18 Å². The molecule has 0 spiro atoms. The second kappa shape index (κ2) is 7.76. The van der Waals surface area contributed by atoms with Crippen LogP contribution in [0.4, 0.5) is 10.3 Å². The predicted molar refractivity (Wildman–Crippen MR) is 106 cm³/mol. The van der Waals surface area contributed by atoms with Crippen molar-refractivity contribution < 1.29 is 9.18 Å². The first-order valence-electron chi connectivity index (χ1n) is 9.38. The van der Waals surface area contributed by atoms with Crippen LogP contribution in [0.2, 0.25) is 0 Å². The number of carbonyl (C=O) groups excluding carboxylic acids is 1. The second-order valence-electron chi connectivity index (χ2n) is 6.91. The third-order valence-corrected chi connectivity index (χ3v) is 5.07. The lowest BCUT2D eigenvalue weighted by atomic mass is 9.93. The second-order valence-corrected chi connectivity index (χ2v) is 6.91. The van der Waals surface area contributed by atoms with Crippen LogP contribution < -0.4 is 5.73 Å². The van der Waals surface area contributed by atoms with Crippen LogP contribution in [-0.2, 0) is 0 Å². The van der Waals surface area contributed by atoms with Gasteiger partial charge in [-0.2, -0.15) is 0 Å². The van der Waals surface area contributed by atoms with Crippen molar-refractivity contribution in [2.24, 2.45) is 0 Å². The van der Waals surface area contributed by atoms with Gasteiger partial charge in [-0.05, 0) is 49.1 Å². The summed E-state index contributed by atoms with van der Waals surface area (Å²) in [5.74, 6) is -0.221. The number of amides is 1. The molecule has 6 heteroatoms. The van der Waals surface area contributed by atoms with Crippen molar-refractivity contribution in [1.29, 1.82) is 0 Å². The number of likely N-dealkylation sites (tertiary alicyclic amines) is 1. The minimum atomic E-state index is -0.332. The lowest BCUT2D eigenvalue weighted by molar-refractivity contribution is 0.0607. The molecule has 1 saturated heterocycles. The maximum Gasteiger partial charge on any atom is 0.254 e. The van der Waals surface area contributed by atoms with Gasteiger partial charge in [-0.3, -0.25) is 4.79 Å². The fraction of sp³-hybridized carbons (Fsp3) is 0.227. The van der Waals surface area contributed by atoms with Crippen molar-refractivity contribution in [3.63, 3.8) is 0 Å². The Hall–Kier alpha value is -3.28. The van der Waals surface area contributed by atoms with E-state index in [1.807, 2.05) is 41.3 Å². The highest BCUT2D eigenvalue weighted by molar-refractivity contribution is 5.94. The highest BCUT2D eigenvalue weighted by Crippen LogP contribution is 2.36. The number of hydrogen-bond acceptors (Lipinski definition) is 4. The van der Waals surface area contributed by atoms with E-state index in [0.717, 1.165) is 19.3 Å². The highest BCUT2D eigenvalue weighted by Gasteiger charge is 2.31. The quantitative estimate of drug-likeness (QED) is 0.742. The van der Waals surface area contributed by atoms with E-state index in [1.54, 1.807) is 12.3 Å². The Bertz CT molecular complexity index is 993. The van der Waals surface area contributed by atoms with Crippen LogP contribution in [0.1, 0.15) is 41.4 Å². The molecular weight excluding hydrogens is 355 g/mol. The minimum Gasteiger partial charge on any atom is -0.368 e. The zero-order chi connectivity index (χ0) is 19.5. The van der Waals surface area contributed by atoms with Gasteiger partial charge < -0.3 is 10.6 Å². The number of carbonyl (C=O) groups is 1. The molecule has 4 rings (SSSR count). The number of hydrogen-bond donors (Lipinski definition) is 1. The van der Waals surface area contributed by atoms with Crippen LogP contribution in [0, 0.1) is 5.82 Å². The molecule has 1 atom stereocenters. The minimum absolute atomic E-state index is 0.0346. The molecule has 1 aliphatic heterocycles. The molecule has 0 saturated carbocycles. The molecule has 2 heterocycles. The largest absolute Gasteiger partial charge is 0.368 e. The molecule has 0 bridgehead atoms. The van der Waals surface area contributed by atoms with Crippen molar-refractivity contribution in [1.82, 2.24) is 14.9 Å². The molecule has 5 nitrogen and oxygen atoms in total. The summed E-state index contributed by atoms with van der Waals surface area (Å²) in [7, 11) is 0. The lowest BCUT2D eigenvalue weighted by Crippen LogP contribution is -2.39. The molecule has 28 heavy (non-hydrogen) atoms. The van der Waals surface area contributed by atoms with Gasteiger partial charge in [-0.1, -0.05) is 30.3 Å². The lowest BCUT2D eigenvalue weighted by Gasteiger charge is -2.36. The average molecular weight is 376 g/mol. The summed E-state index contributed by atoms with van der Waals surface area (Å²) >= 11 is 0. The molecule has 1 amide bonds. The maximum absolute atomic E-state index is 13.8. The van der Waals surface area contributed by atoms with Crippen LogP contribution in [-0.4, -0.2) is 27.3 Å². The van der Waals surface area contributed by atoms with Gasteiger partial charge in [0.15, 0.2) is 0 Å². The number of halogens is 1. The third-order valence-electron chi connectivity index (χ3n) is 5.07. The first-order chi connectivity index (χ1) is 13.6. The number of nitrogen functional groups attached to an aromatic ring is 1. The number of piperidine rings is 1. The van der Waals surface area contributed by atoms with Crippen molar-refractivity contribution in [2.75, 3.05) is 12.3 Å². The molecule has 1 aromatic heterocycles. The number of anilines is 1. The van der Waals surface area contributed by atoms with Gasteiger partial charge in [-0.25, -0.2) is 14.4 Å². The molecule has 2 N–H and O–H groups in total. The predicted octanol–water partition coefficient (Wildman–Crippen LogP) is 4.23. The normalized spacial score (nSPS) is 16.8. The Kier molecular flexibility index (Phi) is 5.02. The average Bonchev–Trinajstić information content (AvgIpc) is 2.74. The van der Waals surface area contributed by atoms with Crippen LogP contribution >= 0.6 is 0 Å². The van der Waals surface area contributed by atoms with Crippen LogP contribution in [0.25, 0.3) is 11.1 Å². The first kappa shape index (κ1) is 18.1. The van der Waals surface area contributed by atoms with Crippen molar-refractivity contribution in [3.8, 4) is 11.1 Å². The van der Waals surface area contributed by atoms with Crippen molar-refractivity contribution in [2.45, 2.75) is 25.3 Å². The first-order valence-corrected chi connectivity index (χ1v) is 9.38. The molecule has 1 aliphatic rings. The van der Waals surface area contributed by atoms with Gasteiger partial charge in [0.25, 0.3) is 5.91 Å². The van der Waals surface area contributed by atoms with E-state index >= 15 is 0 Å². The SMILES string of the molecule is Nc1ncc(-c2cccc(F)c2)c(C2CCCCN2C(=O)c2ccccc2)n1. The number of benzene rings is 2. The Morgan fingerprint density at radius 2 is 1.93 bits per heavy atom. The van der Waals surface area contributed by atoms with E-state index in [2.05, 4.69) is 9.97 Å². The topological polar surface area (TPSA) is 72.1 Å². The van der Waals surface area contributed by atoms with Crippen LogP contribution in [0.15, 0.2) is 60.8 Å². The fourth-order valence-electron chi connectivity index (χ4n) is 3.75. The summed E-state index contributed by atoms with van der Waals surface area (Å²) in [6.07, 6.45) is 4.31. The van der Waals surface area contributed by atoms with Crippen LogP contribution in [0.3, 0.4) is 0 Å². The van der Waals surface area contributed by atoms with Gasteiger partial charge in [0.1, 0.15) is 5.82 Å². The zero-order valence-electron chi connectivity index (χ0n) is 15.4. The molecular formula is C22H21FN4O. The van der Waals surface area contributed by atoms with Crippen molar-refractivity contribution >= 4 is 11.9 Å². The number of aromatic nitrogens is 2. The van der Waals surface area contributed by atoms with Gasteiger partial charge in [-0.15, -0.1) is 0 Å². The van der Waals surface area contributed by atoms with E-state index in [1.165, 1.54) is 12.1 Å². The van der Waals surface area contributed by atoms with Crippen LogP contribution in [0.5, 0.6) is 0 Å². The Morgan fingerprint density at radius 3 is 2.71 bits per heavy atom. The van der Waals surface area contributed by atoms with E-state index < -0.39 is 0 Å². The summed E-state index contributed by atoms with van der Waals surface area (Å²) in [6.45, 7) is 0.644. The summed E-state index contributed by atoms with van der Waals surface area (Å²) in [6, 6.07) is 15.3. The van der Waals surface area contributed by atoms with E-state index in [0.29, 0.717) is 28.9 Å². The molecule has 142 valence electrons. The molecule has 1 unspecified atom stereocenters. The molecule has 0 radical (unpaired) electrons. The zero-order valence-corrected chi connectivity index (χ0v) is 15.4. The van der Waals surface area contributed by atoms with Gasteiger partial charge in [0, 0.05) is 23.9 Å². The third kappa shape index (κ3) is 3.58. The number of nitrogens with zero attached hydrogens (tertiary/aromatic N) is 3. The van der Waals surface area contributed by atoms with Gasteiger partial charge >= 0.3 is 0 Å². The molecule has 1 fully saturated rings. The van der Waals surface area contributed by atoms with E-state index in [4.69, 9.17) is 5.73 Å². The molecule has 0 aliphatic carbocycles. The highest BCUT2D eigenvalue weighted by atomic mass is 19.1. The summed E-state index contributed by atoms with van der Waals surface area (Å²) < 4.78 is 13.8. The standard InChI is InChI=1S/C22H21FN4O/c23-17-10-6-9-16(13-17)18-14-25-22(24)26-20(18)19-11-4-5-12-27(19)21(28)15-7-2-1-3-8-15/h1-3,6-10,13-14,19H,4-5,11-12H2,(H2,24,25,26). The van der Waals surface area contributed by atoms with Gasteiger partial charge in [0.2, 0.25) is 5.95 Å². The monoisotopic (exact) mass is 376 g/mol. The summed E-state index contributed by atoms with van der Waals surface area (Å²) in [5.41, 5.74) is 8.56. The summed E-state index contributed by atoms with van der Waals surface area (Å²) in [5, 5.41) is 0. The Labute approximate surface area is 163 Å². The Balaban J connectivity index is 1.78. The molecule has 2 aromatic carbocycles. The fourth-order valence-corrected chi connectivity index (χ4v) is 3.75. The summed E-state index contributed by atoms with van der Waals surface area (Å²) in [4.78, 5) is 23.6. The Morgan fingerprint density at radius 1 is 1.11 bits per heavy atom. The molecule has 3 aromatic rings. The van der Waals surface area contributed by atoms with E-state index in [-0.39, 0.29) is 23.7 Å². The maximum atomic E-state index is 13.8. The smallest absolute Gasteiger partial charge is 0.254 e. The number of nitrogens with two attached hydrogens (primary N) is 1. The number of rotatable bonds is 3. The van der Waals surface area contributed by atoms with Crippen molar-refractivity contribution in [3.05, 3.63) is 77.9 Å². The van der Waals surface area contributed by atoms with Gasteiger partial charge in [0.05, 0.1) is 11.7 Å².